The minimum Gasteiger partial charge on any atom is -0.378 e. The van der Waals surface area contributed by atoms with E-state index >= 15 is 0 Å². The zero-order chi connectivity index (χ0) is 26.8. The third-order valence-corrected chi connectivity index (χ3v) is 5.60. The van der Waals surface area contributed by atoms with Crippen molar-refractivity contribution in [3.63, 3.8) is 0 Å². The summed E-state index contributed by atoms with van der Waals surface area (Å²) in [6.07, 6.45) is -0.886. The number of carbonyl (C=O) groups excluding carboxylic acids is 2. The topological polar surface area (TPSA) is 149 Å². The van der Waals surface area contributed by atoms with Crippen LogP contribution in [0.4, 0.5) is 15.8 Å². The Hall–Kier alpha value is -4.12. The van der Waals surface area contributed by atoms with E-state index in [0.717, 1.165) is 22.5 Å². The maximum Gasteiger partial charge on any atom is 0.263 e. The SMILES string of the molecule is CN.NC(=O)c1ccc(F)cc1N1CCOCC1.NC1N=C(c2ccccc2)c2ccccc2NC1=O.[HH]. The monoisotopic (exact) mass is 508 g/mol. The van der Waals surface area contributed by atoms with Crippen LogP contribution in [-0.4, -0.2) is 57.0 Å². The van der Waals surface area contributed by atoms with Gasteiger partial charge >= 0.3 is 0 Å². The van der Waals surface area contributed by atoms with Gasteiger partial charge in [-0.15, -0.1) is 0 Å². The summed E-state index contributed by atoms with van der Waals surface area (Å²) in [5.41, 5.74) is 19.7. The number of fused-ring (bicyclic) bond motifs is 1. The molecule has 2 aliphatic heterocycles. The molecule has 2 aliphatic rings. The first-order valence-corrected chi connectivity index (χ1v) is 11.7. The predicted octanol–water partition coefficient (Wildman–Crippen LogP) is 2.34. The van der Waals surface area contributed by atoms with Crippen LogP contribution in [0.5, 0.6) is 0 Å². The van der Waals surface area contributed by atoms with E-state index in [9.17, 15) is 14.0 Å². The van der Waals surface area contributed by atoms with Crippen molar-refractivity contribution in [2.24, 2.45) is 22.2 Å². The Morgan fingerprint density at radius 3 is 2.38 bits per heavy atom. The molecule has 3 aromatic carbocycles. The highest BCUT2D eigenvalue weighted by Gasteiger charge is 2.22. The van der Waals surface area contributed by atoms with Gasteiger partial charge in [0, 0.05) is 25.6 Å². The van der Waals surface area contributed by atoms with Gasteiger partial charge in [0.25, 0.3) is 11.8 Å². The summed E-state index contributed by atoms with van der Waals surface area (Å²) in [5, 5.41) is 2.79. The molecule has 2 amide bonds. The number of nitrogens with two attached hydrogens (primary N) is 3. The highest BCUT2D eigenvalue weighted by molar-refractivity contribution is 6.19. The number of nitrogens with zero attached hydrogens (tertiary/aromatic N) is 2. The Labute approximate surface area is 216 Å². The van der Waals surface area contributed by atoms with E-state index in [0.29, 0.717) is 37.6 Å². The lowest BCUT2D eigenvalue weighted by Gasteiger charge is -2.30. The van der Waals surface area contributed by atoms with Gasteiger partial charge < -0.3 is 32.2 Å². The van der Waals surface area contributed by atoms with Crippen LogP contribution in [0, 0.1) is 5.82 Å². The number of benzodiazepines with no additional fused rings is 1. The number of hydrogen-bond acceptors (Lipinski definition) is 7. The quantitative estimate of drug-likeness (QED) is 0.427. The second-order valence-electron chi connectivity index (χ2n) is 7.95. The van der Waals surface area contributed by atoms with Crippen molar-refractivity contribution < 1.29 is 20.1 Å². The molecule has 1 unspecified atom stereocenters. The Morgan fingerprint density at radius 1 is 1.05 bits per heavy atom. The van der Waals surface area contributed by atoms with Crippen LogP contribution < -0.4 is 27.4 Å². The van der Waals surface area contributed by atoms with E-state index in [-0.39, 0.29) is 13.2 Å². The van der Waals surface area contributed by atoms with Gasteiger partial charge in [-0.25, -0.2) is 4.39 Å². The number of para-hydroxylation sites is 1. The number of hydrogen-bond donors (Lipinski definition) is 4. The smallest absolute Gasteiger partial charge is 0.263 e. The number of anilines is 2. The molecule has 9 nitrogen and oxygen atoms in total. The van der Waals surface area contributed by atoms with Crippen LogP contribution in [0.2, 0.25) is 0 Å². The van der Waals surface area contributed by atoms with E-state index < -0.39 is 12.1 Å². The molecule has 5 rings (SSSR count). The van der Waals surface area contributed by atoms with Crippen molar-refractivity contribution in [2.45, 2.75) is 6.17 Å². The second kappa shape index (κ2) is 13.3. The Bertz CT molecular complexity index is 1250. The van der Waals surface area contributed by atoms with E-state index in [1.807, 2.05) is 59.5 Å². The minimum absolute atomic E-state index is 0. The van der Waals surface area contributed by atoms with Gasteiger partial charge in [0.2, 0.25) is 0 Å². The van der Waals surface area contributed by atoms with Gasteiger partial charge in [-0.05, 0) is 31.3 Å². The van der Waals surface area contributed by atoms with Crippen LogP contribution >= 0.6 is 0 Å². The van der Waals surface area contributed by atoms with Crippen molar-refractivity contribution in [3.05, 3.63) is 95.3 Å². The molecule has 1 fully saturated rings. The molecule has 37 heavy (non-hydrogen) atoms. The summed E-state index contributed by atoms with van der Waals surface area (Å²) in [4.78, 5) is 29.3. The summed E-state index contributed by atoms with van der Waals surface area (Å²) in [7, 11) is 1.50. The molecular formula is C27H33FN6O3. The van der Waals surface area contributed by atoms with E-state index in [2.05, 4.69) is 16.0 Å². The van der Waals surface area contributed by atoms with Gasteiger partial charge in [-0.1, -0.05) is 48.5 Å². The summed E-state index contributed by atoms with van der Waals surface area (Å²) in [5.74, 6) is -1.20. The Morgan fingerprint density at radius 2 is 1.70 bits per heavy atom. The lowest BCUT2D eigenvalue weighted by atomic mass is 10.0. The first-order valence-electron chi connectivity index (χ1n) is 11.7. The number of nitrogens with one attached hydrogen (secondary N) is 1. The average molecular weight is 509 g/mol. The number of halogens is 1. The van der Waals surface area contributed by atoms with Crippen LogP contribution in [0.25, 0.3) is 0 Å². The van der Waals surface area contributed by atoms with E-state index in [1.165, 1.54) is 25.2 Å². The fourth-order valence-corrected chi connectivity index (χ4v) is 3.88. The zero-order valence-electron chi connectivity index (χ0n) is 20.6. The Balaban J connectivity index is 0.000000248. The first kappa shape index (κ1) is 27.5. The molecule has 1 atom stereocenters. The van der Waals surface area contributed by atoms with E-state index in [4.69, 9.17) is 16.2 Å². The second-order valence-corrected chi connectivity index (χ2v) is 7.95. The molecule has 196 valence electrons. The summed E-state index contributed by atoms with van der Waals surface area (Å²) < 4.78 is 18.4. The van der Waals surface area contributed by atoms with Gasteiger partial charge in [-0.2, -0.15) is 0 Å². The lowest BCUT2D eigenvalue weighted by Crippen LogP contribution is -2.37. The van der Waals surface area contributed by atoms with E-state index in [1.54, 1.807) is 0 Å². The molecule has 2 heterocycles. The van der Waals surface area contributed by atoms with Gasteiger partial charge in [0.05, 0.1) is 35.9 Å². The van der Waals surface area contributed by atoms with Crippen LogP contribution in [0.15, 0.2) is 77.8 Å². The predicted molar refractivity (Wildman–Crippen MR) is 145 cm³/mol. The molecule has 7 N–H and O–H groups in total. The number of rotatable bonds is 3. The molecule has 0 saturated carbocycles. The molecular weight excluding hydrogens is 475 g/mol. The standard InChI is InChI=1S/C15H13N3O.C11H13FN2O2.CH5N.H2/c16-14-15(19)17-12-9-5-4-8-11(12)13(18-14)10-6-2-1-3-7-10;12-8-1-2-9(11(13)15)10(7-8)14-3-5-16-6-4-14;1-2;/h1-9,14H,16H2,(H,17,19);1-2,7H,3-6H2,(H2,13,15);2H2,1H3;1H. The average Bonchev–Trinajstić information content (AvgIpc) is 3.06. The number of carbonyl (C=O) groups is 2. The number of amides is 2. The normalized spacial score (nSPS) is 16.4. The molecule has 0 radical (unpaired) electrons. The minimum atomic E-state index is -0.886. The lowest BCUT2D eigenvalue weighted by molar-refractivity contribution is -0.117. The Kier molecular flexibility index (Phi) is 9.84. The summed E-state index contributed by atoms with van der Waals surface area (Å²) in [6.45, 7) is 2.44. The van der Waals surface area contributed by atoms with Crippen LogP contribution in [-0.2, 0) is 9.53 Å². The van der Waals surface area contributed by atoms with Crippen molar-refractivity contribution in [1.82, 2.24) is 0 Å². The van der Waals surface area contributed by atoms with Crippen molar-refractivity contribution in [3.8, 4) is 0 Å². The largest absolute Gasteiger partial charge is 0.378 e. The fourth-order valence-electron chi connectivity index (χ4n) is 3.88. The van der Waals surface area contributed by atoms with Crippen LogP contribution in [0.1, 0.15) is 22.9 Å². The third-order valence-electron chi connectivity index (χ3n) is 5.60. The fraction of sp³-hybridized carbons (Fsp3) is 0.222. The van der Waals surface area contributed by atoms with Gasteiger partial charge in [0.15, 0.2) is 6.17 Å². The number of ether oxygens (including phenoxy) is 1. The van der Waals surface area contributed by atoms with Crippen molar-refractivity contribution in [1.29, 1.82) is 0 Å². The molecule has 0 aromatic heterocycles. The number of benzene rings is 3. The third kappa shape index (κ3) is 6.98. The zero-order valence-corrected chi connectivity index (χ0v) is 20.6. The number of aliphatic imine (C=N–C) groups is 1. The number of primary amides is 1. The number of morpholine rings is 1. The molecule has 10 heteroatoms. The summed E-state index contributed by atoms with van der Waals surface area (Å²) >= 11 is 0. The van der Waals surface area contributed by atoms with Gasteiger partial charge in [-0.3, -0.25) is 14.6 Å². The molecule has 0 spiro atoms. The highest BCUT2D eigenvalue weighted by Crippen LogP contribution is 2.24. The molecule has 0 bridgehead atoms. The first-order chi connectivity index (χ1) is 17.9. The van der Waals surface area contributed by atoms with Crippen LogP contribution in [0.3, 0.4) is 0 Å². The van der Waals surface area contributed by atoms with Crippen molar-refractivity contribution >= 4 is 28.9 Å². The molecule has 3 aromatic rings. The van der Waals surface area contributed by atoms with Crippen molar-refractivity contribution in [2.75, 3.05) is 43.6 Å². The summed E-state index contributed by atoms with van der Waals surface area (Å²) in [6, 6.07) is 21.3. The molecule has 1 saturated heterocycles. The highest BCUT2D eigenvalue weighted by atomic mass is 19.1. The molecule has 0 aliphatic carbocycles. The maximum absolute atomic E-state index is 13.2. The van der Waals surface area contributed by atoms with Gasteiger partial charge in [0.1, 0.15) is 5.82 Å². The maximum atomic E-state index is 13.2.